The molecule has 0 amide bonds. The molecule has 2 rings (SSSR count). The first-order chi connectivity index (χ1) is 6.86. The fourth-order valence-corrected chi connectivity index (χ4v) is 2.70. The first kappa shape index (κ1) is 10.4. The van der Waals surface area contributed by atoms with E-state index in [-0.39, 0.29) is 6.10 Å². The van der Waals surface area contributed by atoms with Crippen LogP contribution in [0.2, 0.25) is 0 Å². The van der Waals surface area contributed by atoms with Crippen molar-refractivity contribution in [2.45, 2.75) is 44.2 Å². The predicted molar refractivity (Wildman–Crippen MR) is 57.3 cm³/mol. The molecule has 1 aliphatic carbocycles. The van der Waals surface area contributed by atoms with Gasteiger partial charge in [0.05, 0.1) is 6.10 Å². The average Bonchev–Trinajstić information content (AvgIpc) is 2.45. The van der Waals surface area contributed by atoms with E-state index in [0.717, 1.165) is 32.5 Å². The summed E-state index contributed by atoms with van der Waals surface area (Å²) in [6.07, 6.45) is 5.73. The van der Waals surface area contributed by atoms with Crippen LogP contribution in [0.5, 0.6) is 0 Å². The fourth-order valence-electron chi connectivity index (χ4n) is 2.70. The van der Waals surface area contributed by atoms with E-state index in [0.29, 0.717) is 6.04 Å². The second-order valence-electron chi connectivity index (χ2n) is 4.61. The Morgan fingerprint density at radius 3 is 2.86 bits per heavy atom. The quantitative estimate of drug-likeness (QED) is 0.647. The number of aliphatic hydroxyl groups excluding tert-OH is 1. The number of hydrogen-bond donors (Lipinski definition) is 2. The lowest BCUT2D eigenvalue weighted by Crippen LogP contribution is -2.41. The molecule has 1 saturated carbocycles. The minimum atomic E-state index is -0.0371. The summed E-state index contributed by atoms with van der Waals surface area (Å²) in [6.45, 7) is 4.65. The molecule has 2 unspecified atom stereocenters. The molecule has 1 saturated heterocycles. The van der Waals surface area contributed by atoms with Crippen LogP contribution in [0, 0.1) is 0 Å². The van der Waals surface area contributed by atoms with Crippen molar-refractivity contribution >= 4 is 0 Å². The highest BCUT2D eigenvalue weighted by Crippen LogP contribution is 2.23. The second-order valence-corrected chi connectivity index (χ2v) is 4.61. The van der Waals surface area contributed by atoms with Gasteiger partial charge in [0.25, 0.3) is 0 Å². The van der Waals surface area contributed by atoms with Crippen LogP contribution in [0.15, 0.2) is 0 Å². The molecule has 0 aromatic rings. The van der Waals surface area contributed by atoms with Gasteiger partial charge in [-0.15, -0.1) is 0 Å². The lowest BCUT2D eigenvalue weighted by molar-refractivity contribution is 0.0646. The standard InChI is InChI=1S/C11H22N2O/c14-11-4-1-3-10(9-11)13-7-2-5-12-6-8-13/h10-12,14H,1-9H2. The minimum Gasteiger partial charge on any atom is -0.393 e. The lowest BCUT2D eigenvalue weighted by Gasteiger charge is -2.35. The summed E-state index contributed by atoms with van der Waals surface area (Å²) in [6, 6.07) is 0.652. The topological polar surface area (TPSA) is 35.5 Å². The Morgan fingerprint density at radius 2 is 2.00 bits per heavy atom. The Balaban J connectivity index is 1.85. The average molecular weight is 198 g/mol. The van der Waals surface area contributed by atoms with Crippen molar-refractivity contribution in [3.05, 3.63) is 0 Å². The summed E-state index contributed by atoms with van der Waals surface area (Å²) in [4.78, 5) is 2.57. The van der Waals surface area contributed by atoms with Crippen molar-refractivity contribution in [1.29, 1.82) is 0 Å². The third-order valence-corrected chi connectivity index (χ3v) is 3.51. The molecule has 3 heteroatoms. The molecule has 2 N–H and O–H groups in total. The Hall–Kier alpha value is -0.120. The van der Waals surface area contributed by atoms with Crippen LogP contribution >= 0.6 is 0 Å². The largest absolute Gasteiger partial charge is 0.393 e. The third kappa shape index (κ3) is 2.69. The maximum atomic E-state index is 9.64. The van der Waals surface area contributed by atoms with Crippen molar-refractivity contribution in [1.82, 2.24) is 10.2 Å². The smallest absolute Gasteiger partial charge is 0.0555 e. The molecule has 2 atom stereocenters. The predicted octanol–water partition coefficient (Wildman–Crippen LogP) is 0.585. The van der Waals surface area contributed by atoms with Gasteiger partial charge in [-0.05, 0) is 45.2 Å². The summed E-state index contributed by atoms with van der Waals surface area (Å²) in [5.41, 5.74) is 0. The summed E-state index contributed by atoms with van der Waals surface area (Å²) in [5, 5.41) is 13.1. The molecule has 0 aromatic carbocycles. The van der Waals surface area contributed by atoms with Gasteiger partial charge >= 0.3 is 0 Å². The molecule has 0 spiro atoms. The molecule has 1 aliphatic heterocycles. The second kappa shape index (κ2) is 5.10. The van der Waals surface area contributed by atoms with E-state index in [2.05, 4.69) is 10.2 Å². The van der Waals surface area contributed by atoms with E-state index in [4.69, 9.17) is 0 Å². The van der Waals surface area contributed by atoms with Crippen LogP contribution in [-0.2, 0) is 0 Å². The number of rotatable bonds is 1. The molecular weight excluding hydrogens is 176 g/mol. The molecule has 0 radical (unpaired) electrons. The van der Waals surface area contributed by atoms with Crippen LogP contribution in [0.25, 0.3) is 0 Å². The molecular formula is C11H22N2O. The van der Waals surface area contributed by atoms with Crippen molar-refractivity contribution in [2.24, 2.45) is 0 Å². The van der Waals surface area contributed by atoms with Gasteiger partial charge in [-0.3, -0.25) is 4.90 Å². The maximum absolute atomic E-state index is 9.64. The van der Waals surface area contributed by atoms with Crippen molar-refractivity contribution in [2.75, 3.05) is 26.2 Å². The van der Waals surface area contributed by atoms with Gasteiger partial charge in [0.2, 0.25) is 0 Å². The van der Waals surface area contributed by atoms with E-state index in [1.165, 1.54) is 25.8 Å². The molecule has 2 fully saturated rings. The zero-order valence-electron chi connectivity index (χ0n) is 8.91. The van der Waals surface area contributed by atoms with Gasteiger partial charge in [0, 0.05) is 19.1 Å². The first-order valence-electron chi connectivity index (χ1n) is 5.99. The van der Waals surface area contributed by atoms with E-state index in [1.54, 1.807) is 0 Å². The number of nitrogens with zero attached hydrogens (tertiary/aromatic N) is 1. The van der Waals surface area contributed by atoms with E-state index >= 15 is 0 Å². The van der Waals surface area contributed by atoms with Crippen LogP contribution in [-0.4, -0.2) is 48.3 Å². The maximum Gasteiger partial charge on any atom is 0.0555 e. The molecule has 2 aliphatic rings. The van der Waals surface area contributed by atoms with Crippen LogP contribution in [0.3, 0.4) is 0 Å². The van der Waals surface area contributed by atoms with Crippen LogP contribution < -0.4 is 5.32 Å². The molecule has 0 aromatic heterocycles. The molecule has 3 nitrogen and oxygen atoms in total. The zero-order chi connectivity index (χ0) is 9.80. The highest BCUT2D eigenvalue weighted by Gasteiger charge is 2.25. The highest BCUT2D eigenvalue weighted by atomic mass is 16.3. The minimum absolute atomic E-state index is 0.0371. The SMILES string of the molecule is OC1CCCC(N2CCCNCC2)C1. The Labute approximate surface area is 86.5 Å². The first-order valence-corrected chi connectivity index (χ1v) is 5.99. The molecule has 14 heavy (non-hydrogen) atoms. The zero-order valence-corrected chi connectivity index (χ0v) is 8.91. The van der Waals surface area contributed by atoms with Gasteiger partial charge < -0.3 is 10.4 Å². The van der Waals surface area contributed by atoms with Crippen molar-refractivity contribution < 1.29 is 5.11 Å². The fraction of sp³-hybridized carbons (Fsp3) is 1.00. The summed E-state index contributed by atoms with van der Waals surface area (Å²) < 4.78 is 0. The number of nitrogens with one attached hydrogen (secondary N) is 1. The Kier molecular flexibility index (Phi) is 3.79. The van der Waals surface area contributed by atoms with Crippen LogP contribution in [0.4, 0.5) is 0 Å². The van der Waals surface area contributed by atoms with E-state index < -0.39 is 0 Å². The molecule has 0 bridgehead atoms. The van der Waals surface area contributed by atoms with Crippen molar-refractivity contribution in [3.63, 3.8) is 0 Å². The summed E-state index contributed by atoms with van der Waals surface area (Å²) >= 11 is 0. The van der Waals surface area contributed by atoms with Gasteiger partial charge in [-0.2, -0.15) is 0 Å². The highest BCUT2D eigenvalue weighted by molar-refractivity contribution is 4.81. The van der Waals surface area contributed by atoms with Crippen molar-refractivity contribution in [3.8, 4) is 0 Å². The summed E-state index contributed by atoms with van der Waals surface area (Å²) in [5.74, 6) is 0. The number of aliphatic hydroxyl groups is 1. The van der Waals surface area contributed by atoms with Gasteiger partial charge in [0.1, 0.15) is 0 Å². The molecule has 82 valence electrons. The van der Waals surface area contributed by atoms with Gasteiger partial charge in [-0.25, -0.2) is 0 Å². The van der Waals surface area contributed by atoms with Gasteiger partial charge in [0.15, 0.2) is 0 Å². The van der Waals surface area contributed by atoms with Crippen LogP contribution in [0.1, 0.15) is 32.1 Å². The monoisotopic (exact) mass is 198 g/mol. The Morgan fingerprint density at radius 1 is 1.07 bits per heavy atom. The molecule has 1 heterocycles. The normalized spacial score (nSPS) is 36.6. The van der Waals surface area contributed by atoms with E-state index in [1.807, 2.05) is 0 Å². The summed E-state index contributed by atoms with van der Waals surface area (Å²) in [7, 11) is 0. The third-order valence-electron chi connectivity index (χ3n) is 3.51. The Bertz CT molecular complexity index is 167. The lowest BCUT2D eigenvalue weighted by atomic mass is 9.92. The van der Waals surface area contributed by atoms with Gasteiger partial charge in [-0.1, -0.05) is 0 Å². The number of hydrogen-bond acceptors (Lipinski definition) is 3. The van der Waals surface area contributed by atoms with E-state index in [9.17, 15) is 5.11 Å².